The summed E-state index contributed by atoms with van der Waals surface area (Å²) in [5.74, 6) is 5.42. The molecule has 1 aromatic rings. The van der Waals surface area contributed by atoms with E-state index < -0.39 is 0 Å². The summed E-state index contributed by atoms with van der Waals surface area (Å²) < 4.78 is 1.81. The average Bonchev–Trinajstić information content (AvgIpc) is 2.74. The quantitative estimate of drug-likeness (QED) is 0.184. The number of nitriles is 1. The van der Waals surface area contributed by atoms with Crippen LogP contribution in [0.25, 0.3) is 0 Å². The summed E-state index contributed by atoms with van der Waals surface area (Å²) in [5.41, 5.74) is 10.5. The van der Waals surface area contributed by atoms with E-state index in [-0.39, 0.29) is 62.7 Å². The van der Waals surface area contributed by atoms with Gasteiger partial charge < -0.3 is 10.8 Å². The number of nitrogen functional groups attached to an aromatic ring is 1. The molecule has 7 nitrogen and oxygen atoms in total. The van der Waals surface area contributed by atoms with Crippen LogP contribution in [0.1, 0.15) is 39.0 Å². The molecule has 1 aromatic heterocycles. The van der Waals surface area contributed by atoms with Crippen LogP contribution in [0.2, 0.25) is 0 Å². The Balaban J connectivity index is -0.000000266. The average molecular weight is 335 g/mol. The molecule has 0 radical (unpaired) electrons. The maximum Gasteiger partial charge on any atom is 1.00 e. The topological polar surface area (TPSA) is 129 Å². The fourth-order valence-electron chi connectivity index (χ4n) is 1.01. The summed E-state index contributed by atoms with van der Waals surface area (Å²) in [4.78, 5) is 0. The Labute approximate surface area is 176 Å². The smallest absolute Gasteiger partial charge is 0.875 e. The van der Waals surface area contributed by atoms with Crippen LogP contribution >= 0.6 is 0 Å². The fraction of sp³-hybridized carbons (Fsp3) is 0.571. The molecule has 1 rings (SSSR count). The molecule has 0 spiro atoms. The van der Waals surface area contributed by atoms with E-state index in [2.05, 4.69) is 10.5 Å². The van der Waals surface area contributed by atoms with Crippen molar-refractivity contribution in [2.75, 3.05) is 12.3 Å². The second-order valence-corrected chi connectivity index (χ2v) is 4.26. The van der Waals surface area contributed by atoms with Gasteiger partial charge in [0.1, 0.15) is 5.82 Å². The Morgan fingerprint density at radius 3 is 1.91 bits per heavy atom. The number of anilines is 1. The maximum atomic E-state index is 10.1. The van der Waals surface area contributed by atoms with Crippen LogP contribution in [0.5, 0.6) is 0 Å². The Morgan fingerprint density at radius 1 is 1.36 bits per heavy atom. The molecule has 22 heavy (non-hydrogen) atoms. The van der Waals surface area contributed by atoms with Crippen LogP contribution in [0.3, 0.4) is 0 Å². The number of allylic oxidation sites excluding steroid dienone is 2. The molecule has 0 aliphatic rings. The molecule has 0 saturated heterocycles. The summed E-state index contributed by atoms with van der Waals surface area (Å²) in [6.45, 7) is 12.5. The van der Waals surface area contributed by atoms with Gasteiger partial charge in [0.15, 0.2) is 0 Å². The number of nitrogens with two attached hydrogens (primary N) is 2. The minimum atomic E-state index is -0.150. The standard InChI is InChI=1S/C7H13N3.C5H7NO.C2H8N2.K/c1-4-10-7(8)5(2)6(3)9-10;1-4(3-6)5(2)7;1-2-4-3;/h4,8H2,1-3H3;7H,1-2H3;4H,2-3H2,1H3;/q;;;+1/p-1/b;5-4-;;. The molecule has 0 aromatic carbocycles. The number of aromatic nitrogens is 2. The first-order valence-electron chi connectivity index (χ1n) is 6.74. The van der Waals surface area contributed by atoms with Crippen molar-refractivity contribution in [3.8, 4) is 6.07 Å². The van der Waals surface area contributed by atoms with Crippen molar-refractivity contribution in [3.63, 3.8) is 0 Å². The Hall–Kier alpha value is -0.404. The van der Waals surface area contributed by atoms with Crippen LogP contribution in [-0.4, -0.2) is 16.3 Å². The normalized spacial score (nSPS) is 9.91. The third-order valence-corrected chi connectivity index (χ3v) is 2.68. The minimum absolute atomic E-state index is 0. The van der Waals surface area contributed by atoms with Crippen LogP contribution in [0.15, 0.2) is 11.3 Å². The number of aryl methyl sites for hydroxylation is 2. The molecule has 1 heterocycles. The number of rotatable bonds is 2. The minimum Gasteiger partial charge on any atom is -0.875 e. The van der Waals surface area contributed by atoms with Gasteiger partial charge in [-0.1, -0.05) is 13.8 Å². The summed E-state index contributed by atoms with van der Waals surface area (Å²) >= 11 is 0. The second kappa shape index (κ2) is 15.5. The number of nitrogens with zero attached hydrogens (tertiary/aromatic N) is 3. The molecular weight excluding hydrogens is 307 g/mol. The summed E-state index contributed by atoms with van der Waals surface area (Å²) in [5, 5.41) is 22.3. The van der Waals surface area contributed by atoms with Gasteiger partial charge in [-0.3, -0.25) is 11.3 Å². The van der Waals surface area contributed by atoms with E-state index in [1.807, 2.05) is 32.4 Å². The van der Waals surface area contributed by atoms with E-state index in [0.717, 1.165) is 30.2 Å². The largest absolute Gasteiger partial charge is 1.00 e. The molecule has 120 valence electrons. The van der Waals surface area contributed by atoms with Gasteiger partial charge >= 0.3 is 51.4 Å². The Bertz CT molecular complexity index is 484. The van der Waals surface area contributed by atoms with E-state index in [4.69, 9.17) is 16.8 Å². The van der Waals surface area contributed by atoms with Crippen molar-refractivity contribution >= 4 is 5.82 Å². The Morgan fingerprint density at radius 2 is 1.82 bits per heavy atom. The zero-order chi connectivity index (χ0) is 17.0. The van der Waals surface area contributed by atoms with Gasteiger partial charge in [-0.2, -0.15) is 10.4 Å². The second-order valence-electron chi connectivity index (χ2n) is 4.26. The number of hydrogen-bond acceptors (Lipinski definition) is 6. The molecule has 0 saturated carbocycles. The van der Waals surface area contributed by atoms with E-state index >= 15 is 0 Å². The molecule has 0 aliphatic heterocycles. The van der Waals surface area contributed by atoms with E-state index in [1.54, 1.807) is 6.07 Å². The molecule has 0 fully saturated rings. The number of hydrogen-bond donors (Lipinski definition) is 3. The first-order chi connectivity index (χ1) is 9.76. The molecule has 0 aliphatic carbocycles. The molecule has 0 bridgehead atoms. The third-order valence-electron chi connectivity index (χ3n) is 2.68. The molecule has 0 atom stereocenters. The predicted octanol–water partition coefficient (Wildman–Crippen LogP) is -2.26. The van der Waals surface area contributed by atoms with E-state index in [9.17, 15) is 5.11 Å². The zero-order valence-electron chi connectivity index (χ0n) is 14.8. The van der Waals surface area contributed by atoms with Crippen molar-refractivity contribution in [2.24, 2.45) is 5.84 Å². The molecule has 0 unspecified atom stereocenters. The van der Waals surface area contributed by atoms with Crippen LogP contribution < -0.4 is 73.5 Å². The van der Waals surface area contributed by atoms with Crippen molar-refractivity contribution < 1.29 is 56.5 Å². The van der Waals surface area contributed by atoms with E-state index in [0.29, 0.717) is 0 Å². The maximum absolute atomic E-state index is 10.1. The monoisotopic (exact) mass is 334 g/mol. The third kappa shape index (κ3) is 11.2. The van der Waals surface area contributed by atoms with Gasteiger partial charge in [0.2, 0.25) is 0 Å². The van der Waals surface area contributed by atoms with Crippen molar-refractivity contribution in [1.82, 2.24) is 15.2 Å². The van der Waals surface area contributed by atoms with Crippen LogP contribution in [0.4, 0.5) is 5.82 Å². The molecule has 8 heteroatoms. The predicted molar refractivity (Wildman–Crippen MR) is 83.6 cm³/mol. The van der Waals surface area contributed by atoms with Crippen molar-refractivity contribution in [2.45, 2.75) is 48.1 Å². The summed E-state index contributed by atoms with van der Waals surface area (Å²) in [6, 6.07) is 1.73. The van der Waals surface area contributed by atoms with Gasteiger partial charge in [0, 0.05) is 24.2 Å². The fourth-order valence-corrected chi connectivity index (χ4v) is 1.01. The summed E-state index contributed by atoms with van der Waals surface area (Å²) in [7, 11) is 0. The first-order valence-corrected chi connectivity index (χ1v) is 6.74. The van der Waals surface area contributed by atoms with Gasteiger partial charge in [-0.05, 0) is 27.7 Å². The molecule has 0 amide bonds. The summed E-state index contributed by atoms with van der Waals surface area (Å²) in [6.07, 6.45) is 0. The van der Waals surface area contributed by atoms with Crippen molar-refractivity contribution in [3.05, 3.63) is 22.6 Å². The Kier molecular flexibility index (Phi) is 18.7. The van der Waals surface area contributed by atoms with Crippen LogP contribution in [0, 0.1) is 25.2 Å². The molecular formula is C14H27KN6O. The SMILES string of the molecule is C/C([O-])=C(\C)C#N.CCNN.CCn1nc(C)c(C)c1N.[K+]. The van der Waals surface area contributed by atoms with Gasteiger partial charge in [-0.25, -0.2) is 4.68 Å². The van der Waals surface area contributed by atoms with Gasteiger partial charge in [0.05, 0.1) is 11.8 Å². The van der Waals surface area contributed by atoms with Crippen LogP contribution in [-0.2, 0) is 6.54 Å². The number of hydrazine groups is 1. The van der Waals surface area contributed by atoms with Gasteiger partial charge in [-0.15, -0.1) is 5.76 Å². The van der Waals surface area contributed by atoms with Crippen molar-refractivity contribution in [1.29, 1.82) is 5.26 Å². The first kappa shape index (κ1) is 26.5. The molecule has 5 N–H and O–H groups in total. The number of nitrogens with one attached hydrogen (secondary N) is 1. The zero-order valence-corrected chi connectivity index (χ0v) is 17.9. The van der Waals surface area contributed by atoms with Gasteiger partial charge in [0.25, 0.3) is 0 Å². The van der Waals surface area contributed by atoms with E-state index in [1.165, 1.54) is 13.8 Å².